The van der Waals surface area contributed by atoms with Crippen LogP contribution in [0.3, 0.4) is 0 Å². The topological polar surface area (TPSA) is 107 Å². The van der Waals surface area contributed by atoms with Gasteiger partial charge in [0.15, 0.2) is 0 Å². The van der Waals surface area contributed by atoms with Crippen LogP contribution in [0, 0.1) is 5.92 Å². The van der Waals surface area contributed by atoms with Crippen molar-refractivity contribution in [1.82, 2.24) is 10.2 Å². The summed E-state index contributed by atoms with van der Waals surface area (Å²) in [5.74, 6) is -1.87. The van der Waals surface area contributed by atoms with Crippen molar-refractivity contribution in [2.24, 2.45) is 5.92 Å². The Labute approximate surface area is 105 Å². The Bertz CT molecular complexity index is 344. The van der Waals surface area contributed by atoms with Crippen molar-refractivity contribution in [2.75, 3.05) is 13.1 Å². The Morgan fingerprint density at radius 1 is 1.39 bits per heavy atom. The molecular formula is C11H18N2O5. The second-order valence-corrected chi connectivity index (χ2v) is 4.61. The molecule has 0 aliphatic carbocycles. The van der Waals surface area contributed by atoms with Crippen LogP contribution in [-0.2, 0) is 9.59 Å². The van der Waals surface area contributed by atoms with Crippen LogP contribution in [0.5, 0.6) is 0 Å². The molecule has 0 aromatic carbocycles. The molecule has 0 saturated carbocycles. The van der Waals surface area contributed by atoms with E-state index in [1.165, 1.54) is 0 Å². The van der Waals surface area contributed by atoms with Crippen LogP contribution in [-0.4, -0.2) is 52.2 Å². The van der Waals surface area contributed by atoms with Gasteiger partial charge in [0, 0.05) is 19.5 Å². The molecule has 0 bridgehead atoms. The number of amides is 2. The van der Waals surface area contributed by atoms with E-state index < -0.39 is 24.0 Å². The third-order valence-electron chi connectivity index (χ3n) is 2.95. The maximum Gasteiger partial charge on any atom is 0.326 e. The molecule has 2 atom stereocenters. The number of urea groups is 1. The Hall–Kier alpha value is -1.79. The largest absolute Gasteiger partial charge is 0.481 e. The van der Waals surface area contributed by atoms with E-state index in [0.29, 0.717) is 19.0 Å². The van der Waals surface area contributed by atoms with Gasteiger partial charge in [-0.25, -0.2) is 9.59 Å². The zero-order valence-corrected chi connectivity index (χ0v) is 10.3. The minimum absolute atomic E-state index is 0.111. The molecule has 0 aromatic rings. The van der Waals surface area contributed by atoms with Crippen molar-refractivity contribution in [1.29, 1.82) is 0 Å². The van der Waals surface area contributed by atoms with Gasteiger partial charge in [-0.2, -0.15) is 0 Å². The smallest absolute Gasteiger partial charge is 0.326 e. The first-order valence-electron chi connectivity index (χ1n) is 5.90. The number of nitrogens with zero attached hydrogens (tertiary/aromatic N) is 1. The molecular weight excluding hydrogens is 240 g/mol. The second-order valence-electron chi connectivity index (χ2n) is 4.61. The second kappa shape index (κ2) is 6.23. The molecule has 2 amide bonds. The number of aliphatic carboxylic acids is 2. The molecule has 1 heterocycles. The van der Waals surface area contributed by atoms with Crippen LogP contribution in [0.15, 0.2) is 0 Å². The van der Waals surface area contributed by atoms with Crippen LogP contribution in [0.25, 0.3) is 0 Å². The minimum Gasteiger partial charge on any atom is -0.481 e. The van der Waals surface area contributed by atoms with Crippen LogP contribution in [0.1, 0.15) is 26.2 Å². The molecule has 7 heteroatoms. The molecule has 1 aliphatic heterocycles. The van der Waals surface area contributed by atoms with Gasteiger partial charge in [-0.1, -0.05) is 6.92 Å². The molecule has 0 aromatic heterocycles. The van der Waals surface area contributed by atoms with Crippen molar-refractivity contribution in [2.45, 2.75) is 32.2 Å². The highest BCUT2D eigenvalue weighted by atomic mass is 16.4. The van der Waals surface area contributed by atoms with Gasteiger partial charge in [0.05, 0.1) is 0 Å². The van der Waals surface area contributed by atoms with Crippen molar-refractivity contribution in [3.63, 3.8) is 0 Å². The van der Waals surface area contributed by atoms with Gasteiger partial charge in [-0.3, -0.25) is 4.79 Å². The quantitative estimate of drug-likeness (QED) is 0.659. The normalized spacial score (nSPS) is 20.5. The number of nitrogens with one attached hydrogen (secondary N) is 1. The Morgan fingerprint density at radius 2 is 2.06 bits per heavy atom. The SMILES string of the molecule is CC1CCN(C(=O)N[C@@H](CCC(=O)O)C(=O)O)C1. The molecule has 102 valence electrons. The average Bonchev–Trinajstić information content (AvgIpc) is 2.70. The molecule has 0 spiro atoms. The monoisotopic (exact) mass is 258 g/mol. The fraction of sp³-hybridized carbons (Fsp3) is 0.727. The highest BCUT2D eigenvalue weighted by molar-refractivity contribution is 5.83. The molecule has 7 nitrogen and oxygen atoms in total. The predicted octanol–water partition coefficient (Wildman–Crippen LogP) is 0.356. The number of carboxylic acids is 2. The summed E-state index contributed by atoms with van der Waals surface area (Å²) in [5, 5.41) is 19.8. The number of likely N-dealkylation sites (tertiary alicyclic amines) is 1. The lowest BCUT2D eigenvalue weighted by Crippen LogP contribution is -2.47. The molecule has 3 N–H and O–H groups in total. The predicted molar refractivity (Wildman–Crippen MR) is 62.2 cm³/mol. The third-order valence-corrected chi connectivity index (χ3v) is 2.95. The maximum absolute atomic E-state index is 11.8. The van der Waals surface area contributed by atoms with Crippen LogP contribution < -0.4 is 5.32 Å². The Kier molecular flexibility index (Phi) is 4.94. The summed E-state index contributed by atoms with van der Waals surface area (Å²) in [5.41, 5.74) is 0. The van der Waals surface area contributed by atoms with E-state index >= 15 is 0 Å². The zero-order valence-electron chi connectivity index (χ0n) is 10.3. The molecule has 1 rings (SSSR count). The van der Waals surface area contributed by atoms with E-state index in [-0.39, 0.29) is 12.8 Å². The van der Waals surface area contributed by atoms with Gasteiger partial charge < -0.3 is 20.4 Å². The molecule has 1 unspecified atom stereocenters. The number of carboxylic acid groups (broad SMARTS) is 2. The molecule has 18 heavy (non-hydrogen) atoms. The number of hydrogen-bond donors (Lipinski definition) is 3. The molecule has 1 saturated heterocycles. The first kappa shape index (κ1) is 14.3. The van der Waals surface area contributed by atoms with Gasteiger partial charge in [-0.05, 0) is 18.8 Å². The van der Waals surface area contributed by atoms with Gasteiger partial charge in [0.2, 0.25) is 0 Å². The molecule has 1 aliphatic rings. The van der Waals surface area contributed by atoms with Gasteiger partial charge in [-0.15, -0.1) is 0 Å². The summed E-state index contributed by atoms with van der Waals surface area (Å²) in [6.45, 7) is 3.24. The standard InChI is InChI=1S/C11H18N2O5/c1-7-4-5-13(6-7)11(18)12-8(10(16)17)2-3-9(14)15/h7-8H,2-6H2,1H3,(H,12,18)(H,14,15)(H,16,17)/t7?,8-/m0/s1. The van der Waals surface area contributed by atoms with Crippen molar-refractivity contribution >= 4 is 18.0 Å². The number of carbonyl (C=O) groups excluding carboxylic acids is 1. The summed E-state index contributed by atoms with van der Waals surface area (Å²) in [6.07, 6.45) is 0.508. The first-order chi connectivity index (χ1) is 8.40. The number of carbonyl (C=O) groups is 3. The highest BCUT2D eigenvalue weighted by Crippen LogP contribution is 2.15. The molecule has 0 radical (unpaired) electrons. The summed E-state index contributed by atoms with van der Waals surface area (Å²) >= 11 is 0. The van der Waals surface area contributed by atoms with Gasteiger partial charge in [0.25, 0.3) is 0 Å². The van der Waals surface area contributed by atoms with Crippen molar-refractivity contribution in [3.8, 4) is 0 Å². The maximum atomic E-state index is 11.8. The van der Waals surface area contributed by atoms with Gasteiger partial charge in [0.1, 0.15) is 6.04 Å². The Balaban J connectivity index is 2.47. The van der Waals surface area contributed by atoms with E-state index in [1.807, 2.05) is 6.92 Å². The fourth-order valence-corrected chi connectivity index (χ4v) is 1.89. The molecule has 1 fully saturated rings. The van der Waals surface area contributed by atoms with Crippen LogP contribution in [0.2, 0.25) is 0 Å². The van der Waals surface area contributed by atoms with Crippen molar-refractivity contribution in [3.05, 3.63) is 0 Å². The van der Waals surface area contributed by atoms with E-state index in [2.05, 4.69) is 5.32 Å². The van der Waals surface area contributed by atoms with Crippen molar-refractivity contribution < 1.29 is 24.6 Å². The highest BCUT2D eigenvalue weighted by Gasteiger charge is 2.27. The summed E-state index contributed by atoms with van der Waals surface area (Å²) in [6, 6.07) is -1.58. The lowest BCUT2D eigenvalue weighted by molar-refractivity contribution is -0.140. The van der Waals surface area contributed by atoms with E-state index in [1.54, 1.807) is 4.90 Å². The third kappa shape index (κ3) is 4.23. The lowest BCUT2D eigenvalue weighted by Gasteiger charge is -2.20. The lowest BCUT2D eigenvalue weighted by atomic mass is 10.1. The fourth-order valence-electron chi connectivity index (χ4n) is 1.89. The van der Waals surface area contributed by atoms with E-state index in [4.69, 9.17) is 10.2 Å². The number of hydrogen-bond acceptors (Lipinski definition) is 3. The van der Waals surface area contributed by atoms with E-state index in [0.717, 1.165) is 6.42 Å². The number of rotatable bonds is 5. The van der Waals surface area contributed by atoms with E-state index in [9.17, 15) is 14.4 Å². The summed E-state index contributed by atoms with van der Waals surface area (Å²) in [7, 11) is 0. The summed E-state index contributed by atoms with van der Waals surface area (Å²) < 4.78 is 0. The Morgan fingerprint density at radius 3 is 2.50 bits per heavy atom. The zero-order chi connectivity index (χ0) is 13.7. The summed E-state index contributed by atoms with van der Waals surface area (Å²) in [4.78, 5) is 34.6. The van der Waals surface area contributed by atoms with Crippen LogP contribution in [0.4, 0.5) is 4.79 Å². The average molecular weight is 258 g/mol. The minimum atomic E-state index is -1.21. The van der Waals surface area contributed by atoms with Crippen LogP contribution >= 0.6 is 0 Å². The van der Waals surface area contributed by atoms with Gasteiger partial charge >= 0.3 is 18.0 Å². The first-order valence-corrected chi connectivity index (χ1v) is 5.90.